The van der Waals surface area contributed by atoms with E-state index in [2.05, 4.69) is 15.0 Å². The molecule has 12 heteroatoms. The monoisotopic (exact) mass is 417 g/mol. The number of fused-ring (bicyclic) bond motifs is 1. The van der Waals surface area contributed by atoms with Gasteiger partial charge in [0.2, 0.25) is 5.82 Å². The highest BCUT2D eigenvalue weighted by Gasteiger charge is 2.51. The van der Waals surface area contributed by atoms with Crippen LogP contribution in [0.1, 0.15) is 38.5 Å². The number of aryl methyl sites for hydroxylation is 1. The molecule has 0 N–H and O–H groups in total. The minimum absolute atomic E-state index is 0.0724. The van der Waals surface area contributed by atoms with E-state index in [1.54, 1.807) is 6.92 Å². The van der Waals surface area contributed by atoms with Gasteiger partial charge < -0.3 is 18.9 Å². The Hall–Kier alpha value is -3.59. The summed E-state index contributed by atoms with van der Waals surface area (Å²) in [5.41, 5.74) is 1.17. The van der Waals surface area contributed by atoms with Crippen LogP contribution >= 0.6 is 0 Å². The van der Waals surface area contributed by atoms with Crippen molar-refractivity contribution in [1.29, 1.82) is 5.26 Å². The minimum Gasteiger partial charge on any atom is -0.463 e. The fourth-order valence-corrected chi connectivity index (χ4v) is 3.21. The van der Waals surface area contributed by atoms with Crippen molar-refractivity contribution in [3.8, 4) is 6.07 Å². The van der Waals surface area contributed by atoms with Gasteiger partial charge in [0.1, 0.15) is 24.3 Å². The summed E-state index contributed by atoms with van der Waals surface area (Å²) in [5, 5.41) is 9.18. The highest BCUT2D eigenvalue weighted by Crippen LogP contribution is 2.36. The van der Waals surface area contributed by atoms with Gasteiger partial charge >= 0.3 is 17.9 Å². The average molecular weight is 417 g/mol. The van der Waals surface area contributed by atoms with E-state index in [1.807, 2.05) is 6.07 Å². The van der Waals surface area contributed by atoms with Crippen molar-refractivity contribution in [2.45, 2.75) is 52.2 Å². The van der Waals surface area contributed by atoms with Crippen LogP contribution in [0.2, 0.25) is 0 Å². The highest BCUT2D eigenvalue weighted by molar-refractivity contribution is 5.74. The molecule has 1 saturated heterocycles. The summed E-state index contributed by atoms with van der Waals surface area (Å²) in [6, 6.07) is 1.87. The van der Waals surface area contributed by atoms with Crippen molar-refractivity contribution in [3.05, 3.63) is 17.8 Å². The second-order valence-electron chi connectivity index (χ2n) is 6.58. The van der Waals surface area contributed by atoms with Crippen molar-refractivity contribution < 1.29 is 33.3 Å². The Balaban J connectivity index is 2.07. The molecule has 1 aliphatic rings. The molecule has 2 aromatic rings. The van der Waals surface area contributed by atoms with Crippen molar-refractivity contribution in [3.63, 3.8) is 0 Å². The number of nitriles is 1. The second kappa shape index (κ2) is 8.42. The predicted molar refractivity (Wildman–Crippen MR) is 96.4 cm³/mol. The van der Waals surface area contributed by atoms with Gasteiger partial charge in [0, 0.05) is 20.8 Å². The molecule has 2 aromatic heterocycles. The third kappa shape index (κ3) is 4.20. The van der Waals surface area contributed by atoms with E-state index in [0.29, 0.717) is 11.2 Å². The van der Waals surface area contributed by atoms with Gasteiger partial charge in [0.05, 0.1) is 12.0 Å². The number of carbonyl (C=O) groups is 3. The van der Waals surface area contributed by atoms with Gasteiger partial charge in [-0.15, -0.1) is 0 Å². The van der Waals surface area contributed by atoms with Gasteiger partial charge in [-0.3, -0.25) is 19.0 Å². The molecule has 0 amide bonds. The number of aromatic nitrogens is 4. The predicted octanol–water partition coefficient (Wildman–Crippen LogP) is 0.330. The SMILES string of the molecule is CC(=O)OC[C@H]1O[C@@H](n2cnc3c(C)nc(C#N)nc32)C(OC(C)=O)[C@@H]1OC(C)=O. The van der Waals surface area contributed by atoms with E-state index in [-0.39, 0.29) is 18.1 Å². The summed E-state index contributed by atoms with van der Waals surface area (Å²) < 4.78 is 23.1. The number of imidazole rings is 1. The van der Waals surface area contributed by atoms with Crippen LogP contribution in [0.5, 0.6) is 0 Å². The minimum atomic E-state index is -1.08. The maximum atomic E-state index is 11.7. The first-order valence-electron chi connectivity index (χ1n) is 8.95. The van der Waals surface area contributed by atoms with E-state index in [4.69, 9.17) is 18.9 Å². The molecule has 0 spiro atoms. The van der Waals surface area contributed by atoms with Gasteiger partial charge in [-0.05, 0) is 6.92 Å². The van der Waals surface area contributed by atoms with E-state index < -0.39 is 42.4 Å². The molecule has 0 bridgehead atoms. The molecule has 1 unspecified atom stereocenters. The molecule has 4 atom stereocenters. The van der Waals surface area contributed by atoms with E-state index >= 15 is 0 Å². The Morgan fingerprint density at radius 1 is 1.13 bits per heavy atom. The lowest BCUT2D eigenvalue weighted by molar-refractivity contribution is -0.166. The zero-order valence-corrected chi connectivity index (χ0v) is 16.7. The normalized spacial score (nSPS) is 23.0. The molecule has 3 heterocycles. The maximum absolute atomic E-state index is 11.7. The molecule has 0 aliphatic carbocycles. The summed E-state index contributed by atoms with van der Waals surface area (Å²) in [6.45, 7) is 5.07. The van der Waals surface area contributed by atoms with Gasteiger partial charge in [0.25, 0.3) is 0 Å². The smallest absolute Gasteiger partial charge is 0.303 e. The van der Waals surface area contributed by atoms with E-state index in [0.717, 1.165) is 0 Å². The molecule has 3 rings (SSSR count). The van der Waals surface area contributed by atoms with Crippen LogP contribution in [-0.2, 0) is 33.3 Å². The van der Waals surface area contributed by atoms with E-state index in [1.165, 1.54) is 31.7 Å². The standard InChI is InChI=1S/C18H19N5O7/c1-8-14-17(22-13(5-19)21-8)23(7-20-14)18-16(29-11(4)26)15(28-10(3)25)12(30-18)6-27-9(2)24/h7,12,15-16,18H,6H2,1-4H3/t12-,15-,16?,18-/m1/s1. The van der Waals surface area contributed by atoms with Crippen LogP contribution < -0.4 is 0 Å². The molecule has 1 aliphatic heterocycles. The third-order valence-corrected chi connectivity index (χ3v) is 4.31. The lowest BCUT2D eigenvalue weighted by atomic mass is 10.1. The molecule has 0 radical (unpaired) electrons. The van der Waals surface area contributed by atoms with Crippen LogP contribution in [0.3, 0.4) is 0 Å². The van der Waals surface area contributed by atoms with Gasteiger partial charge in [-0.25, -0.2) is 9.97 Å². The Morgan fingerprint density at radius 2 is 1.80 bits per heavy atom. The number of carbonyl (C=O) groups excluding carboxylic acids is 3. The lowest BCUT2D eigenvalue weighted by Crippen LogP contribution is -2.40. The van der Waals surface area contributed by atoms with Gasteiger partial charge in [-0.2, -0.15) is 10.2 Å². The second-order valence-corrected chi connectivity index (χ2v) is 6.58. The molecule has 158 valence electrons. The number of esters is 3. The molecule has 30 heavy (non-hydrogen) atoms. The highest BCUT2D eigenvalue weighted by atomic mass is 16.7. The Kier molecular flexibility index (Phi) is 5.93. The van der Waals surface area contributed by atoms with Gasteiger partial charge in [0.15, 0.2) is 24.1 Å². The fourth-order valence-electron chi connectivity index (χ4n) is 3.21. The fraction of sp³-hybridized carbons (Fsp3) is 0.500. The largest absolute Gasteiger partial charge is 0.463 e. The Morgan fingerprint density at radius 3 is 2.40 bits per heavy atom. The first-order valence-corrected chi connectivity index (χ1v) is 8.95. The molecule has 0 aromatic carbocycles. The number of hydrogen-bond donors (Lipinski definition) is 0. The summed E-state index contributed by atoms with van der Waals surface area (Å²) in [7, 11) is 0. The van der Waals surface area contributed by atoms with Crippen LogP contribution in [-0.4, -0.2) is 62.3 Å². The Labute approximate surface area is 170 Å². The molecular formula is C18H19N5O7. The summed E-state index contributed by atoms with van der Waals surface area (Å²) >= 11 is 0. The first kappa shape index (κ1) is 21.1. The lowest BCUT2D eigenvalue weighted by Gasteiger charge is -2.23. The third-order valence-electron chi connectivity index (χ3n) is 4.31. The van der Waals surface area contributed by atoms with Crippen molar-refractivity contribution >= 4 is 29.1 Å². The number of nitrogens with zero attached hydrogens (tertiary/aromatic N) is 5. The van der Waals surface area contributed by atoms with Crippen LogP contribution in [0.15, 0.2) is 6.33 Å². The number of hydrogen-bond acceptors (Lipinski definition) is 11. The van der Waals surface area contributed by atoms with Crippen LogP contribution in [0.4, 0.5) is 0 Å². The summed E-state index contributed by atoms with van der Waals surface area (Å²) in [6.07, 6.45) is -2.65. The van der Waals surface area contributed by atoms with Crippen molar-refractivity contribution in [2.24, 2.45) is 0 Å². The number of rotatable bonds is 5. The molecule has 1 fully saturated rings. The molecule has 12 nitrogen and oxygen atoms in total. The van der Waals surface area contributed by atoms with Crippen LogP contribution in [0.25, 0.3) is 11.2 Å². The maximum Gasteiger partial charge on any atom is 0.303 e. The quantitative estimate of drug-likeness (QED) is 0.488. The number of ether oxygens (including phenoxy) is 4. The van der Waals surface area contributed by atoms with Crippen molar-refractivity contribution in [1.82, 2.24) is 19.5 Å². The van der Waals surface area contributed by atoms with Gasteiger partial charge in [-0.1, -0.05) is 0 Å². The van der Waals surface area contributed by atoms with E-state index in [9.17, 15) is 19.6 Å². The summed E-state index contributed by atoms with van der Waals surface area (Å²) in [4.78, 5) is 47.1. The Bertz CT molecular complexity index is 1040. The zero-order chi connectivity index (χ0) is 22.0. The van der Waals surface area contributed by atoms with Crippen LogP contribution in [0, 0.1) is 18.3 Å². The molecule has 0 saturated carbocycles. The zero-order valence-electron chi connectivity index (χ0n) is 16.7. The van der Waals surface area contributed by atoms with Crippen molar-refractivity contribution in [2.75, 3.05) is 6.61 Å². The average Bonchev–Trinajstić information content (AvgIpc) is 3.21. The summed E-state index contributed by atoms with van der Waals surface area (Å²) in [5.74, 6) is -1.89. The molecular weight excluding hydrogens is 398 g/mol. The topological polar surface area (TPSA) is 156 Å². The first-order chi connectivity index (χ1) is 14.2.